The number of fused-ring (bicyclic) bond motifs is 5. The van der Waals surface area contributed by atoms with Crippen LogP contribution in [0, 0.1) is 34.5 Å². The monoisotopic (exact) mass is 418 g/mol. The number of hydrogen-bond acceptors (Lipinski definition) is 3. The van der Waals surface area contributed by atoms with Crippen LogP contribution in [0.15, 0.2) is 11.6 Å². The minimum absolute atomic E-state index is 0.111. The maximum atomic E-state index is 10.6. The first-order valence-corrected chi connectivity index (χ1v) is 12.9. The number of aliphatic hydroxyl groups is 3. The summed E-state index contributed by atoms with van der Waals surface area (Å²) in [4.78, 5) is 0. The molecular formula is C27H46O3. The molecule has 4 rings (SSSR count). The zero-order chi connectivity index (χ0) is 21.6. The molecule has 0 aromatic rings. The Morgan fingerprint density at radius 2 is 1.80 bits per heavy atom. The summed E-state index contributed by atoms with van der Waals surface area (Å²) in [5.41, 5.74) is 1.77. The molecule has 0 aromatic carbocycles. The largest absolute Gasteiger partial charge is 0.396 e. The molecule has 0 saturated heterocycles. The van der Waals surface area contributed by atoms with Gasteiger partial charge in [0.25, 0.3) is 0 Å². The van der Waals surface area contributed by atoms with Crippen LogP contribution in [0.1, 0.15) is 104 Å². The maximum Gasteiger partial charge on any atom is 0.0620 e. The van der Waals surface area contributed by atoms with Crippen molar-refractivity contribution in [1.29, 1.82) is 0 Å². The van der Waals surface area contributed by atoms with Crippen LogP contribution >= 0.6 is 0 Å². The molecule has 3 saturated carbocycles. The van der Waals surface area contributed by atoms with Crippen LogP contribution in [0.4, 0.5) is 0 Å². The first-order valence-electron chi connectivity index (χ1n) is 12.9. The van der Waals surface area contributed by atoms with Crippen molar-refractivity contribution in [2.75, 3.05) is 6.61 Å². The molecule has 0 bridgehead atoms. The maximum absolute atomic E-state index is 10.6. The van der Waals surface area contributed by atoms with Crippen LogP contribution in [-0.4, -0.2) is 33.6 Å². The number of hydrogen-bond donors (Lipinski definition) is 3. The average Bonchev–Trinajstić information content (AvgIpc) is 3.03. The van der Waals surface area contributed by atoms with Gasteiger partial charge in [0, 0.05) is 6.61 Å². The molecule has 0 radical (unpaired) electrons. The van der Waals surface area contributed by atoms with Gasteiger partial charge in [-0.25, -0.2) is 0 Å². The minimum atomic E-state index is -0.621. The Bertz CT molecular complexity index is 640. The number of allylic oxidation sites excluding steroid dienone is 1. The second kappa shape index (κ2) is 8.52. The Kier molecular flexibility index (Phi) is 6.48. The summed E-state index contributed by atoms with van der Waals surface area (Å²) >= 11 is 0. The van der Waals surface area contributed by atoms with Crippen LogP contribution in [-0.2, 0) is 0 Å². The number of rotatable bonds is 7. The molecule has 4 aliphatic rings. The van der Waals surface area contributed by atoms with Gasteiger partial charge in [-0.3, -0.25) is 0 Å². The van der Waals surface area contributed by atoms with E-state index in [1.807, 2.05) is 6.92 Å². The molecule has 3 fully saturated rings. The van der Waals surface area contributed by atoms with Gasteiger partial charge in [-0.2, -0.15) is 0 Å². The molecule has 8 atom stereocenters. The highest BCUT2D eigenvalue weighted by Crippen LogP contribution is 2.66. The predicted molar refractivity (Wildman–Crippen MR) is 122 cm³/mol. The van der Waals surface area contributed by atoms with Crippen LogP contribution in [0.5, 0.6) is 0 Å². The average molecular weight is 419 g/mol. The smallest absolute Gasteiger partial charge is 0.0620 e. The van der Waals surface area contributed by atoms with Gasteiger partial charge in [-0.05, 0) is 118 Å². The van der Waals surface area contributed by atoms with E-state index in [1.54, 1.807) is 5.57 Å². The van der Waals surface area contributed by atoms with Crippen molar-refractivity contribution in [3.05, 3.63) is 11.6 Å². The van der Waals surface area contributed by atoms with Crippen LogP contribution in [0.2, 0.25) is 0 Å². The fourth-order valence-electron chi connectivity index (χ4n) is 8.54. The lowest BCUT2D eigenvalue weighted by atomic mass is 9.47. The summed E-state index contributed by atoms with van der Waals surface area (Å²) in [5, 5.41) is 29.9. The molecule has 0 aliphatic heterocycles. The normalized spacial score (nSPS) is 45.1. The first kappa shape index (κ1) is 22.8. The highest BCUT2D eigenvalue weighted by atomic mass is 16.3. The second-order valence-electron chi connectivity index (χ2n) is 12.2. The summed E-state index contributed by atoms with van der Waals surface area (Å²) < 4.78 is 0. The third kappa shape index (κ3) is 4.04. The van der Waals surface area contributed by atoms with E-state index in [9.17, 15) is 10.2 Å². The Balaban J connectivity index is 1.40. The molecule has 0 aromatic heterocycles. The van der Waals surface area contributed by atoms with Gasteiger partial charge < -0.3 is 15.3 Å². The van der Waals surface area contributed by atoms with Crippen LogP contribution < -0.4 is 0 Å². The van der Waals surface area contributed by atoms with Crippen LogP contribution in [0.25, 0.3) is 0 Å². The van der Waals surface area contributed by atoms with Crippen molar-refractivity contribution < 1.29 is 15.3 Å². The van der Waals surface area contributed by atoms with Crippen molar-refractivity contribution in [2.24, 2.45) is 34.5 Å². The molecule has 0 spiro atoms. The molecule has 3 heteroatoms. The van der Waals surface area contributed by atoms with Gasteiger partial charge in [-0.15, -0.1) is 0 Å². The van der Waals surface area contributed by atoms with Crippen molar-refractivity contribution in [2.45, 2.75) is 116 Å². The fourth-order valence-corrected chi connectivity index (χ4v) is 8.54. The Hall–Kier alpha value is -0.380. The fraction of sp³-hybridized carbons (Fsp3) is 0.926. The topological polar surface area (TPSA) is 60.7 Å². The summed E-state index contributed by atoms with van der Waals surface area (Å²) in [6.45, 7) is 7.24. The molecule has 172 valence electrons. The molecule has 3 N–H and O–H groups in total. The first-order chi connectivity index (χ1) is 14.2. The third-order valence-corrected chi connectivity index (χ3v) is 10.4. The van der Waals surface area contributed by atoms with E-state index in [0.717, 1.165) is 49.4 Å². The van der Waals surface area contributed by atoms with Crippen molar-refractivity contribution >= 4 is 0 Å². The third-order valence-electron chi connectivity index (χ3n) is 10.4. The lowest BCUT2D eigenvalue weighted by molar-refractivity contribution is -0.0517. The summed E-state index contributed by atoms with van der Waals surface area (Å²) in [5.74, 6) is 3.33. The van der Waals surface area contributed by atoms with Crippen molar-refractivity contribution in [3.63, 3.8) is 0 Å². The summed E-state index contributed by atoms with van der Waals surface area (Å²) in [6, 6.07) is 0. The Labute approximate surface area is 184 Å². The molecule has 0 amide bonds. The van der Waals surface area contributed by atoms with E-state index in [-0.39, 0.29) is 12.7 Å². The molecule has 8 unspecified atom stereocenters. The summed E-state index contributed by atoms with van der Waals surface area (Å²) in [6.07, 6.45) is 16.9. The van der Waals surface area contributed by atoms with Gasteiger partial charge in [0.05, 0.1) is 11.7 Å². The number of aliphatic hydroxyl groups excluding tert-OH is 2. The van der Waals surface area contributed by atoms with E-state index in [2.05, 4.69) is 19.9 Å². The zero-order valence-corrected chi connectivity index (χ0v) is 19.7. The lowest BCUT2D eigenvalue weighted by Gasteiger charge is -2.58. The zero-order valence-electron chi connectivity index (χ0n) is 19.7. The molecule has 3 nitrogen and oxygen atoms in total. The standard InChI is InChI=1S/C27H46O3/c1-25(30,14-5-17-28)13-4-6-19-8-10-23-22-9-7-20-18-21(29)11-15-27(20,3)24(22)12-16-26(19,23)2/h7,19,21-24,28-30H,4-6,8-18H2,1-3H3. The van der Waals surface area contributed by atoms with Gasteiger partial charge in [0.15, 0.2) is 0 Å². The molecule has 4 aliphatic carbocycles. The van der Waals surface area contributed by atoms with Crippen molar-refractivity contribution in [1.82, 2.24) is 0 Å². The van der Waals surface area contributed by atoms with E-state index in [0.29, 0.717) is 23.7 Å². The van der Waals surface area contributed by atoms with E-state index in [1.165, 1.54) is 44.9 Å². The molecule has 0 heterocycles. The Morgan fingerprint density at radius 1 is 1.03 bits per heavy atom. The van der Waals surface area contributed by atoms with E-state index in [4.69, 9.17) is 5.11 Å². The second-order valence-corrected chi connectivity index (χ2v) is 12.2. The lowest BCUT2D eigenvalue weighted by Crippen LogP contribution is -2.50. The minimum Gasteiger partial charge on any atom is -0.396 e. The summed E-state index contributed by atoms with van der Waals surface area (Å²) in [7, 11) is 0. The van der Waals surface area contributed by atoms with Gasteiger partial charge in [0.2, 0.25) is 0 Å². The molecule has 30 heavy (non-hydrogen) atoms. The van der Waals surface area contributed by atoms with E-state index >= 15 is 0 Å². The molecular weight excluding hydrogens is 372 g/mol. The Morgan fingerprint density at radius 3 is 2.57 bits per heavy atom. The highest BCUT2D eigenvalue weighted by Gasteiger charge is 2.58. The van der Waals surface area contributed by atoms with Crippen LogP contribution in [0.3, 0.4) is 0 Å². The van der Waals surface area contributed by atoms with Gasteiger partial charge >= 0.3 is 0 Å². The van der Waals surface area contributed by atoms with Gasteiger partial charge in [0.1, 0.15) is 0 Å². The predicted octanol–water partition coefficient (Wildman–Crippen LogP) is 5.62. The SMILES string of the molecule is CC(O)(CCCO)CCCC1CCC2C3CC=C4CC(O)CCC4(C)C3CCC12C. The van der Waals surface area contributed by atoms with Gasteiger partial charge in [-0.1, -0.05) is 31.9 Å². The quantitative estimate of drug-likeness (QED) is 0.470. The van der Waals surface area contributed by atoms with E-state index < -0.39 is 5.60 Å². The van der Waals surface area contributed by atoms with Crippen molar-refractivity contribution in [3.8, 4) is 0 Å². The highest BCUT2D eigenvalue weighted by molar-refractivity contribution is 5.25.